The number of hydrogen-bond donors (Lipinski definition) is 0. The van der Waals surface area contributed by atoms with E-state index in [1.54, 1.807) is 14.1 Å². The molecular formula is C15H16F3NO3. The molecule has 0 saturated carbocycles. The zero-order chi connectivity index (χ0) is 17.0. The summed E-state index contributed by atoms with van der Waals surface area (Å²) in [6.07, 6.45) is 1.14. The maximum absolute atomic E-state index is 14.0. The van der Waals surface area contributed by atoms with Gasteiger partial charge in [-0.25, -0.2) is 18.0 Å². The fourth-order valence-corrected chi connectivity index (χ4v) is 1.71. The molecule has 0 aliphatic rings. The van der Waals surface area contributed by atoms with E-state index in [0.29, 0.717) is 6.07 Å². The lowest BCUT2D eigenvalue weighted by Crippen LogP contribution is -2.21. The highest BCUT2D eigenvalue weighted by molar-refractivity contribution is 6.24. The van der Waals surface area contributed by atoms with Gasteiger partial charge in [0.05, 0.1) is 12.2 Å². The van der Waals surface area contributed by atoms with Crippen molar-refractivity contribution in [1.29, 1.82) is 0 Å². The molecule has 22 heavy (non-hydrogen) atoms. The van der Waals surface area contributed by atoms with Gasteiger partial charge >= 0.3 is 5.97 Å². The third-order valence-electron chi connectivity index (χ3n) is 2.75. The summed E-state index contributed by atoms with van der Waals surface area (Å²) in [6, 6.07) is 0.433. The van der Waals surface area contributed by atoms with Gasteiger partial charge in [-0.3, -0.25) is 4.79 Å². The Morgan fingerprint density at radius 1 is 1.23 bits per heavy atom. The van der Waals surface area contributed by atoms with Crippen LogP contribution >= 0.6 is 0 Å². The zero-order valence-electron chi connectivity index (χ0n) is 12.7. The molecule has 1 rings (SSSR count). The standard InChI is InChI=1S/C15H16F3NO3/c1-5-22-15(21)10(7-19(3)4)14(20)9-6-11(16)13(18)8(2)12(9)17/h6-7H,5H2,1-4H3. The van der Waals surface area contributed by atoms with Crippen molar-refractivity contribution in [3.63, 3.8) is 0 Å². The molecule has 1 aromatic carbocycles. The highest BCUT2D eigenvalue weighted by atomic mass is 19.2. The summed E-state index contributed by atoms with van der Waals surface area (Å²) in [6.45, 7) is 2.55. The first-order valence-corrected chi connectivity index (χ1v) is 6.44. The fraction of sp³-hybridized carbons (Fsp3) is 0.333. The second kappa shape index (κ2) is 7.11. The molecular weight excluding hydrogens is 299 g/mol. The van der Waals surface area contributed by atoms with Crippen LogP contribution in [-0.4, -0.2) is 37.4 Å². The summed E-state index contributed by atoms with van der Waals surface area (Å²) in [5, 5.41) is 0. The molecule has 1 aromatic rings. The molecule has 0 amide bonds. The van der Waals surface area contributed by atoms with Gasteiger partial charge in [0.25, 0.3) is 0 Å². The number of hydrogen-bond acceptors (Lipinski definition) is 4. The van der Waals surface area contributed by atoms with Crippen LogP contribution in [-0.2, 0) is 9.53 Å². The van der Waals surface area contributed by atoms with E-state index in [9.17, 15) is 22.8 Å². The van der Waals surface area contributed by atoms with E-state index in [1.807, 2.05) is 0 Å². The first-order valence-electron chi connectivity index (χ1n) is 6.44. The van der Waals surface area contributed by atoms with Crippen molar-refractivity contribution in [2.24, 2.45) is 0 Å². The van der Waals surface area contributed by atoms with Crippen LogP contribution in [0, 0.1) is 24.4 Å². The second-order valence-corrected chi connectivity index (χ2v) is 4.71. The van der Waals surface area contributed by atoms with Crippen LogP contribution < -0.4 is 0 Å². The monoisotopic (exact) mass is 315 g/mol. The average molecular weight is 315 g/mol. The van der Waals surface area contributed by atoms with E-state index >= 15 is 0 Å². The minimum atomic E-state index is -1.37. The lowest BCUT2D eigenvalue weighted by molar-refractivity contribution is -0.138. The molecule has 0 unspecified atom stereocenters. The van der Waals surface area contributed by atoms with Gasteiger partial charge < -0.3 is 9.64 Å². The van der Waals surface area contributed by atoms with Gasteiger partial charge in [-0.1, -0.05) is 0 Å². The van der Waals surface area contributed by atoms with E-state index in [2.05, 4.69) is 0 Å². The highest BCUT2D eigenvalue weighted by Gasteiger charge is 2.27. The van der Waals surface area contributed by atoms with Crippen LogP contribution in [0.2, 0.25) is 0 Å². The van der Waals surface area contributed by atoms with Crippen molar-refractivity contribution in [2.45, 2.75) is 13.8 Å². The van der Waals surface area contributed by atoms with Crippen molar-refractivity contribution < 1.29 is 27.5 Å². The predicted molar refractivity (Wildman–Crippen MR) is 73.8 cm³/mol. The Kier molecular flexibility index (Phi) is 5.73. The van der Waals surface area contributed by atoms with Crippen molar-refractivity contribution in [3.05, 3.63) is 46.4 Å². The molecule has 0 aliphatic heterocycles. The predicted octanol–water partition coefficient (Wildman–Crippen LogP) is 2.60. The van der Waals surface area contributed by atoms with Gasteiger partial charge in [0, 0.05) is 25.9 Å². The van der Waals surface area contributed by atoms with Gasteiger partial charge in [-0.15, -0.1) is 0 Å². The molecule has 0 saturated heterocycles. The molecule has 0 bridgehead atoms. The minimum absolute atomic E-state index is 0.0101. The number of carbonyl (C=O) groups excluding carboxylic acids is 2. The van der Waals surface area contributed by atoms with Gasteiger partial charge in [0.15, 0.2) is 11.6 Å². The molecule has 0 atom stereocenters. The Balaban J connectivity index is 3.41. The maximum Gasteiger partial charge on any atom is 0.343 e. The quantitative estimate of drug-likeness (QED) is 0.209. The minimum Gasteiger partial charge on any atom is -0.462 e. The van der Waals surface area contributed by atoms with Crippen molar-refractivity contribution in [3.8, 4) is 0 Å². The lowest BCUT2D eigenvalue weighted by Gasteiger charge is -2.12. The first-order chi connectivity index (χ1) is 10.2. The Labute approximate surface area is 126 Å². The van der Waals surface area contributed by atoms with Crippen molar-refractivity contribution in [1.82, 2.24) is 4.90 Å². The van der Waals surface area contributed by atoms with E-state index in [0.717, 1.165) is 13.1 Å². The Morgan fingerprint density at radius 2 is 1.82 bits per heavy atom. The van der Waals surface area contributed by atoms with Crippen LogP contribution in [0.5, 0.6) is 0 Å². The lowest BCUT2D eigenvalue weighted by atomic mass is 10.0. The number of benzene rings is 1. The summed E-state index contributed by atoms with van der Waals surface area (Å²) < 4.78 is 45.4. The summed E-state index contributed by atoms with van der Waals surface area (Å²) in [7, 11) is 3.08. The third-order valence-corrected chi connectivity index (χ3v) is 2.75. The molecule has 0 fully saturated rings. The van der Waals surface area contributed by atoms with Crippen LogP contribution in [0.3, 0.4) is 0 Å². The number of Topliss-reactive ketones (excluding diaryl/α,β-unsaturated/α-hetero) is 1. The van der Waals surface area contributed by atoms with Crippen molar-refractivity contribution >= 4 is 11.8 Å². The van der Waals surface area contributed by atoms with Gasteiger partial charge in [0.1, 0.15) is 11.4 Å². The summed E-state index contributed by atoms with van der Waals surface area (Å²) in [5.74, 6) is -5.99. The van der Waals surface area contributed by atoms with Crippen LogP contribution in [0.15, 0.2) is 17.8 Å². The van der Waals surface area contributed by atoms with E-state index in [-0.39, 0.29) is 6.61 Å². The highest BCUT2D eigenvalue weighted by Crippen LogP contribution is 2.22. The van der Waals surface area contributed by atoms with E-state index < -0.39 is 45.9 Å². The van der Waals surface area contributed by atoms with Crippen LogP contribution in [0.25, 0.3) is 0 Å². The molecule has 0 aromatic heterocycles. The normalized spacial score (nSPS) is 11.3. The second-order valence-electron chi connectivity index (χ2n) is 4.71. The van der Waals surface area contributed by atoms with E-state index in [1.165, 1.54) is 11.8 Å². The number of halogens is 3. The molecule has 120 valence electrons. The summed E-state index contributed by atoms with van der Waals surface area (Å²) in [4.78, 5) is 25.5. The van der Waals surface area contributed by atoms with Crippen LogP contribution in [0.1, 0.15) is 22.8 Å². The fourth-order valence-electron chi connectivity index (χ4n) is 1.71. The summed E-state index contributed by atoms with van der Waals surface area (Å²) >= 11 is 0. The number of ether oxygens (including phenoxy) is 1. The molecule has 0 spiro atoms. The molecule has 0 aliphatic carbocycles. The molecule has 0 N–H and O–H groups in total. The number of carbonyl (C=O) groups is 2. The van der Waals surface area contributed by atoms with Gasteiger partial charge in [-0.2, -0.15) is 0 Å². The van der Waals surface area contributed by atoms with E-state index in [4.69, 9.17) is 4.74 Å². The Morgan fingerprint density at radius 3 is 2.32 bits per heavy atom. The topological polar surface area (TPSA) is 46.6 Å². The maximum atomic E-state index is 14.0. The smallest absolute Gasteiger partial charge is 0.343 e. The SMILES string of the molecule is CCOC(=O)C(=CN(C)C)C(=O)c1cc(F)c(F)c(C)c1F. The Bertz CT molecular complexity index is 639. The Hall–Kier alpha value is -2.31. The van der Waals surface area contributed by atoms with Gasteiger partial charge in [0.2, 0.25) is 5.78 Å². The third kappa shape index (κ3) is 3.66. The molecule has 0 heterocycles. The van der Waals surface area contributed by atoms with Crippen molar-refractivity contribution in [2.75, 3.05) is 20.7 Å². The molecule has 0 radical (unpaired) electrons. The number of ketones is 1. The summed E-state index contributed by atoms with van der Waals surface area (Å²) in [5.41, 5.74) is -1.83. The molecule has 4 nitrogen and oxygen atoms in total. The van der Waals surface area contributed by atoms with Crippen LogP contribution in [0.4, 0.5) is 13.2 Å². The van der Waals surface area contributed by atoms with Gasteiger partial charge in [-0.05, 0) is 19.9 Å². The average Bonchev–Trinajstić information content (AvgIpc) is 2.45. The zero-order valence-corrected chi connectivity index (χ0v) is 12.7. The largest absolute Gasteiger partial charge is 0.462 e. The molecule has 7 heteroatoms. The number of esters is 1. The number of rotatable bonds is 5. The number of nitrogens with zero attached hydrogens (tertiary/aromatic N) is 1. The first kappa shape index (κ1) is 17.7.